The van der Waals surface area contributed by atoms with Crippen LogP contribution in [0.25, 0.3) is 0 Å². The van der Waals surface area contributed by atoms with Gasteiger partial charge in [-0.2, -0.15) is 22.0 Å². The molecule has 0 spiro atoms. The summed E-state index contributed by atoms with van der Waals surface area (Å²) in [5, 5.41) is 10.9. The third-order valence-electron chi connectivity index (χ3n) is 11.8. The molecule has 4 rings (SSSR count). The number of aliphatic hydroxyl groups is 1. The molecule has 262 valence electrons. The number of ether oxygens (including phenoxy) is 2. The highest BCUT2D eigenvalue weighted by atomic mass is 19.4. The Labute approximate surface area is 272 Å². The fourth-order valence-corrected chi connectivity index (χ4v) is 9.18. The molecule has 0 amide bonds. The molecule has 2 fully saturated rings. The Morgan fingerprint density at radius 2 is 1.65 bits per heavy atom. The molecular formula is C37H55F5O4. The van der Waals surface area contributed by atoms with Crippen LogP contribution in [0.15, 0.2) is 18.2 Å². The van der Waals surface area contributed by atoms with Crippen molar-refractivity contribution in [2.45, 2.75) is 147 Å². The van der Waals surface area contributed by atoms with E-state index in [0.717, 1.165) is 76.4 Å². The van der Waals surface area contributed by atoms with Gasteiger partial charge in [0.15, 0.2) is 0 Å². The van der Waals surface area contributed by atoms with E-state index < -0.39 is 30.4 Å². The first-order valence-corrected chi connectivity index (χ1v) is 17.8. The molecule has 0 saturated heterocycles. The lowest BCUT2D eigenvalue weighted by molar-refractivity contribution is -0.284. The maximum Gasteiger partial charge on any atom is 0.453 e. The average Bonchev–Trinajstić information content (AvgIpc) is 3.31. The van der Waals surface area contributed by atoms with E-state index in [9.17, 15) is 31.9 Å². The molecule has 1 N–H and O–H groups in total. The smallest absolute Gasteiger partial charge is 0.453 e. The molecule has 3 aliphatic carbocycles. The number of hydrogen-bond acceptors (Lipinski definition) is 4. The number of alkyl halides is 5. The average molecular weight is 659 g/mol. The standard InChI is InChI=1S/C37H55F5O4/c1-4-46-34(44)25(15-12-21-36(38,39)37(40,41)42)13-10-8-6-5-7-9-11-14-26-23-27-24-28(45-3)16-17-29(27)30-20-22-35(2)31(33(26)30)18-19-32(35)43/h16-17,24-26,30-33,43H,4-15,18-23H2,1-3H3. The van der Waals surface area contributed by atoms with Gasteiger partial charge in [0.25, 0.3) is 0 Å². The zero-order chi connectivity index (χ0) is 33.5. The number of aliphatic hydroxyl groups excluding tert-OH is 1. The summed E-state index contributed by atoms with van der Waals surface area (Å²) < 4.78 is 74.7. The number of rotatable bonds is 17. The first kappa shape index (κ1) is 36.9. The van der Waals surface area contributed by atoms with Crippen LogP contribution in [0.5, 0.6) is 5.75 Å². The SMILES string of the molecule is CCOC(=O)C(CCCCCCCCCC1Cc2cc(OC)ccc2C2CCC3(C)C(O)CCC3C12)CCCC(F)(F)C(F)(F)F. The quantitative estimate of drug-likeness (QED) is 0.103. The summed E-state index contributed by atoms with van der Waals surface area (Å²) in [5.74, 6) is -2.61. The number of benzene rings is 1. The van der Waals surface area contributed by atoms with Gasteiger partial charge in [-0.1, -0.05) is 57.9 Å². The molecule has 1 aromatic carbocycles. The fraction of sp³-hybridized carbons (Fsp3) is 0.811. The minimum Gasteiger partial charge on any atom is -0.497 e. The summed E-state index contributed by atoms with van der Waals surface area (Å²) in [6, 6.07) is 6.63. The number of esters is 1. The molecule has 0 aliphatic heterocycles. The van der Waals surface area contributed by atoms with E-state index >= 15 is 0 Å². The number of carbonyl (C=O) groups excluding carboxylic acids is 1. The lowest BCUT2D eigenvalue weighted by Crippen LogP contribution is -2.47. The van der Waals surface area contributed by atoms with Crippen molar-refractivity contribution in [3.05, 3.63) is 29.3 Å². The van der Waals surface area contributed by atoms with Gasteiger partial charge in [0.1, 0.15) is 5.75 Å². The molecule has 7 atom stereocenters. The molecule has 7 unspecified atom stereocenters. The van der Waals surface area contributed by atoms with Gasteiger partial charge in [-0.25, -0.2) is 0 Å². The second kappa shape index (κ2) is 16.0. The first-order valence-electron chi connectivity index (χ1n) is 17.8. The van der Waals surface area contributed by atoms with Gasteiger partial charge >= 0.3 is 18.1 Å². The Kier molecular flexibility index (Phi) is 12.8. The van der Waals surface area contributed by atoms with E-state index in [1.54, 1.807) is 14.0 Å². The molecule has 0 bridgehead atoms. The molecule has 46 heavy (non-hydrogen) atoms. The predicted octanol–water partition coefficient (Wildman–Crippen LogP) is 10.2. The number of hydrogen-bond donors (Lipinski definition) is 1. The van der Waals surface area contributed by atoms with Crippen molar-refractivity contribution in [2.75, 3.05) is 13.7 Å². The van der Waals surface area contributed by atoms with E-state index in [4.69, 9.17) is 9.47 Å². The van der Waals surface area contributed by atoms with Crippen molar-refractivity contribution in [2.24, 2.45) is 29.1 Å². The molecule has 0 heterocycles. The zero-order valence-electron chi connectivity index (χ0n) is 28.0. The van der Waals surface area contributed by atoms with Crippen molar-refractivity contribution < 1.29 is 41.3 Å². The van der Waals surface area contributed by atoms with Gasteiger partial charge in [-0.3, -0.25) is 4.79 Å². The number of halogens is 5. The van der Waals surface area contributed by atoms with Crippen LogP contribution >= 0.6 is 0 Å². The predicted molar refractivity (Wildman–Crippen MR) is 169 cm³/mol. The summed E-state index contributed by atoms with van der Waals surface area (Å²) in [5.41, 5.74) is 2.96. The van der Waals surface area contributed by atoms with Crippen LogP contribution in [0.1, 0.15) is 134 Å². The van der Waals surface area contributed by atoms with Crippen molar-refractivity contribution in [3.63, 3.8) is 0 Å². The molecule has 2 saturated carbocycles. The summed E-state index contributed by atoms with van der Waals surface area (Å²) in [6.45, 7) is 4.13. The van der Waals surface area contributed by atoms with E-state index in [-0.39, 0.29) is 31.0 Å². The summed E-state index contributed by atoms with van der Waals surface area (Å²) in [7, 11) is 1.72. The van der Waals surface area contributed by atoms with E-state index in [1.165, 1.54) is 24.0 Å². The summed E-state index contributed by atoms with van der Waals surface area (Å²) in [6.07, 6.45) is 6.65. The maximum absolute atomic E-state index is 13.3. The van der Waals surface area contributed by atoms with Crippen molar-refractivity contribution in [1.82, 2.24) is 0 Å². The first-order chi connectivity index (χ1) is 21.8. The molecule has 9 heteroatoms. The highest BCUT2D eigenvalue weighted by molar-refractivity contribution is 5.72. The Balaban J connectivity index is 1.20. The van der Waals surface area contributed by atoms with Gasteiger partial charge in [0.05, 0.1) is 25.7 Å². The largest absolute Gasteiger partial charge is 0.497 e. The van der Waals surface area contributed by atoms with Crippen LogP contribution in [-0.4, -0.2) is 43.0 Å². The number of unbranched alkanes of at least 4 members (excludes halogenated alkanes) is 6. The Morgan fingerprint density at radius 3 is 2.33 bits per heavy atom. The van der Waals surface area contributed by atoms with Crippen LogP contribution < -0.4 is 4.74 Å². The topological polar surface area (TPSA) is 55.8 Å². The number of fused-ring (bicyclic) bond motifs is 5. The molecule has 0 radical (unpaired) electrons. The van der Waals surface area contributed by atoms with Gasteiger partial charge in [-0.05, 0) is 117 Å². The monoisotopic (exact) mass is 658 g/mol. The van der Waals surface area contributed by atoms with Gasteiger partial charge in [0, 0.05) is 6.42 Å². The van der Waals surface area contributed by atoms with Gasteiger partial charge in [0.2, 0.25) is 0 Å². The highest BCUT2D eigenvalue weighted by Gasteiger charge is 2.57. The van der Waals surface area contributed by atoms with E-state index in [1.807, 2.05) is 0 Å². The van der Waals surface area contributed by atoms with Crippen LogP contribution in [0.2, 0.25) is 0 Å². The number of carbonyl (C=O) groups is 1. The van der Waals surface area contributed by atoms with Gasteiger partial charge in [-0.15, -0.1) is 0 Å². The van der Waals surface area contributed by atoms with E-state index in [2.05, 4.69) is 25.1 Å². The number of methoxy groups -OCH3 is 1. The van der Waals surface area contributed by atoms with Crippen LogP contribution in [0.4, 0.5) is 22.0 Å². The lowest BCUT2D eigenvalue weighted by Gasteiger charge is -2.53. The van der Waals surface area contributed by atoms with Crippen LogP contribution in [-0.2, 0) is 16.0 Å². The zero-order valence-corrected chi connectivity index (χ0v) is 28.0. The van der Waals surface area contributed by atoms with Crippen molar-refractivity contribution in [1.29, 1.82) is 0 Å². The summed E-state index contributed by atoms with van der Waals surface area (Å²) >= 11 is 0. The maximum atomic E-state index is 13.3. The van der Waals surface area contributed by atoms with Crippen molar-refractivity contribution >= 4 is 5.97 Å². The minimum atomic E-state index is -5.57. The Bertz CT molecular complexity index is 1120. The van der Waals surface area contributed by atoms with E-state index in [0.29, 0.717) is 30.1 Å². The third kappa shape index (κ3) is 8.57. The third-order valence-corrected chi connectivity index (χ3v) is 11.8. The Hall–Kier alpha value is -1.90. The second-order valence-electron chi connectivity index (χ2n) is 14.6. The fourth-order valence-electron chi connectivity index (χ4n) is 9.18. The lowest BCUT2D eigenvalue weighted by atomic mass is 9.52. The normalized spacial score (nSPS) is 28.2. The second-order valence-corrected chi connectivity index (χ2v) is 14.6. The molecule has 0 aromatic heterocycles. The molecular weight excluding hydrogens is 603 g/mol. The molecule has 3 aliphatic rings. The molecule has 1 aromatic rings. The Morgan fingerprint density at radius 1 is 0.978 bits per heavy atom. The van der Waals surface area contributed by atoms with Crippen LogP contribution in [0, 0.1) is 29.1 Å². The minimum absolute atomic E-state index is 0.0241. The van der Waals surface area contributed by atoms with Gasteiger partial charge < -0.3 is 14.6 Å². The molecule has 4 nitrogen and oxygen atoms in total. The highest BCUT2D eigenvalue weighted by Crippen LogP contribution is 2.62. The van der Waals surface area contributed by atoms with Crippen molar-refractivity contribution in [3.8, 4) is 5.75 Å². The van der Waals surface area contributed by atoms with Crippen LogP contribution in [0.3, 0.4) is 0 Å². The summed E-state index contributed by atoms with van der Waals surface area (Å²) in [4.78, 5) is 12.3.